The van der Waals surface area contributed by atoms with E-state index in [1.54, 1.807) is 4.90 Å². The van der Waals surface area contributed by atoms with Crippen LogP contribution in [0.4, 0.5) is 8.78 Å². The lowest BCUT2D eigenvalue weighted by atomic mass is 10.3. The van der Waals surface area contributed by atoms with E-state index >= 15 is 0 Å². The van der Waals surface area contributed by atoms with Crippen LogP contribution in [-0.2, 0) is 4.74 Å². The molecule has 1 aliphatic heterocycles. The van der Waals surface area contributed by atoms with Gasteiger partial charge in [0.2, 0.25) is 0 Å². The van der Waals surface area contributed by atoms with Gasteiger partial charge >= 0.3 is 0 Å². The van der Waals surface area contributed by atoms with E-state index in [1.165, 1.54) is 0 Å². The second-order valence-corrected chi connectivity index (χ2v) is 3.21. The minimum absolute atomic E-state index is 0.197. The molecule has 1 saturated heterocycles. The number of halogens is 2. The van der Waals surface area contributed by atoms with Crippen LogP contribution in [0, 0.1) is 0 Å². The molecule has 0 aromatic rings. The lowest BCUT2D eigenvalue weighted by Crippen LogP contribution is -2.37. The Hall–Kier alpha value is -0.480. The second-order valence-electron chi connectivity index (χ2n) is 3.21. The van der Waals surface area contributed by atoms with E-state index in [0.29, 0.717) is 19.7 Å². The van der Waals surface area contributed by atoms with Crippen LogP contribution in [0.1, 0.15) is 6.92 Å². The zero-order valence-corrected chi connectivity index (χ0v) is 7.80. The monoisotopic (exact) mass is 191 g/mol. The summed E-state index contributed by atoms with van der Waals surface area (Å²) in [6.07, 6.45) is 3.74. The maximum absolute atomic E-state index is 13.0. The van der Waals surface area contributed by atoms with Crippen molar-refractivity contribution in [2.45, 2.75) is 12.8 Å². The molecule has 76 valence electrons. The van der Waals surface area contributed by atoms with Crippen LogP contribution in [0.25, 0.3) is 0 Å². The van der Waals surface area contributed by atoms with Crippen molar-refractivity contribution in [1.82, 2.24) is 4.90 Å². The van der Waals surface area contributed by atoms with Gasteiger partial charge < -0.3 is 4.74 Å². The molecule has 0 atom stereocenters. The third kappa shape index (κ3) is 3.83. The van der Waals surface area contributed by atoms with Crippen molar-refractivity contribution < 1.29 is 13.5 Å². The van der Waals surface area contributed by atoms with Gasteiger partial charge in [-0.1, -0.05) is 12.2 Å². The second kappa shape index (κ2) is 4.67. The van der Waals surface area contributed by atoms with Crippen molar-refractivity contribution in [3.8, 4) is 0 Å². The number of allylic oxidation sites excluding steroid dienone is 1. The van der Waals surface area contributed by atoms with Crippen molar-refractivity contribution in [2.75, 3.05) is 32.8 Å². The first-order chi connectivity index (χ1) is 6.14. The van der Waals surface area contributed by atoms with Crippen molar-refractivity contribution in [2.24, 2.45) is 0 Å². The van der Waals surface area contributed by atoms with E-state index in [4.69, 9.17) is 4.74 Å². The minimum Gasteiger partial charge on any atom is -0.374 e. The molecule has 0 N–H and O–H groups in total. The van der Waals surface area contributed by atoms with Gasteiger partial charge in [-0.25, -0.2) is 8.78 Å². The summed E-state index contributed by atoms with van der Waals surface area (Å²) in [4.78, 5) is 1.70. The highest BCUT2D eigenvalue weighted by molar-refractivity contribution is 4.84. The van der Waals surface area contributed by atoms with Crippen LogP contribution in [0.15, 0.2) is 12.2 Å². The number of hydrogen-bond acceptors (Lipinski definition) is 2. The van der Waals surface area contributed by atoms with Gasteiger partial charge in [0, 0.05) is 13.1 Å². The Bertz CT molecular complexity index is 182. The molecule has 1 heterocycles. The SMILES string of the molecule is C/C=C/CN1CCOCC(F)(F)C1. The fourth-order valence-electron chi connectivity index (χ4n) is 1.28. The molecule has 0 amide bonds. The Kier molecular flexibility index (Phi) is 3.81. The van der Waals surface area contributed by atoms with Gasteiger partial charge in [0.1, 0.15) is 6.61 Å². The average molecular weight is 191 g/mol. The van der Waals surface area contributed by atoms with E-state index in [0.717, 1.165) is 0 Å². The largest absolute Gasteiger partial charge is 0.374 e. The predicted octanol–water partition coefficient (Wildman–Crippen LogP) is 1.53. The smallest absolute Gasteiger partial charge is 0.283 e. The van der Waals surface area contributed by atoms with Crippen molar-refractivity contribution >= 4 is 0 Å². The quantitative estimate of drug-likeness (QED) is 0.614. The number of rotatable bonds is 2. The molecule has 0 aromatic carbocycles. The van der Waals surface area contributed by atoms with E-state index < -0.39 is 12.5 Å². The first kappa shape index (κ1) is 10.6. The van der Waals surface area contributed by atoms with E-state index in [-0.39, 0.29) is 6.54 Å². The highest BCUT2D eigenvalue weighted by atomic mass is 19.3. The van der Waals surface area contributed by atoms with Crippen LogP contribution < -0.4 is 0 Å². The summed E-state index contributed by atoms with van der Waals surface area (Å²) < 4.78 is 30.7. The van der Waals surface area contributed by atoms with E-state index in [2.05, 4.69) is 0 Å². The molecular weight excluding hydrogens is 176 g/mol. The average Bonchev–Trinajstić information content (AvgIpc) is 2.22. The summed E-state index contributed by atoms with van der Waals surface area (Å²) in [5, 5.41) is 0. The molecule has 0 spiro atoms. The van der Waals surface area contributed by atoms with Crippen LogP contribution in [0.2, 0.25) is 0 Å². The Morgan fingerprint density at radius 1 is 1.54 bits per heavy atom. The highest BCUT2D eigenvalue weighted by Gasteiger charge is 2.33. The third-order valence-corrected chi connectivity index (χ3v) is 1.92. The molecule has 1 rings (SSSR count). The number of hydrogen-bond donors (Lipinski definition) is 0. The summed E-state index contributed by atoms with van der Waals surface area (Å²) in [6.45, 7) is 2.80. The Morgan fingerprint density at radius 3 is 3.00 bits per heavy atom. The summed E-state index contributed by atoms with van der Waals surface area (Å²) in [5.74, 6) is -2.70. The van der Waals surface area contributed by atoms with Gasteiger partial charge in [-0.15, -0.1) is 0 Å². The fourth-order valence-corrected chi connectivity index (χ4v) is 1.28. The number of nitrogens with zero attached hydrogens (tertiary/aromatic N) is 1. The predicted molar refractivity (Wildman–Crippen MR) is 47.0 cm³/mol. The van der Waals surface area contributed by atoms with Crippen molar-refractivity contribution in [3.63, 3.8) is 0 Å². The molecule has 1 fully saturated rings. The molecular formula is C9H15F2NO. The summed E-state index contributed by atoms with van der Waals surface area (Å²) in [6, 6.07) is 0. The molecule has 1 aliphatic rings. The van der Waals surface area contributed by atoms with Gasteiger partial charge in [-0.3, -0.25) is 4.90 Å². The van der Waals surface area contributed by atoms with Crippen LogP contribution in [-0.4, -0.2) is 43.7 Å². The minimum atomic E-state index is -2.70. The maximum Gasteiger partial charge on any atom is 0.283 e. The third-order valence-electron chi connectivity index (χ3n) is 1.92. The van der Waals surface area contributed by atoms with Crippen LogP contribution >= 0.6 is 0 Å². The Morgan fingerprint density at radius 2 is 2.31 bits per heavy atom. The highest BCUT2D eigenvalue weighted by Crippen LogP contribution is 2.18. The summed E-state index contributed by atoms with van der Waals surface area (Å²) in [7, 11) is 0. The normalized spacial score (nSPS) is 24.8. The Labute approximate surface area is 77.2 Å². The molecule has 0 radical (unpaired) electrons. The van der Waals surface area contributed by atoms with Gasteiger partial charge in [-0.05, 0) is 6.92 Å². The molecule has 0 aliphatic carbocycles. The summed E-state index contributed by atoms with van der Waals surface area (Å²) in [5.41, 5.74) is 0. The Balaban J connectivity index is 2.44. The first-order valence-corrected chi connectivity index (χ1v) is 4.43. The van der Waals surface area contributed by atoms with Gasteiger partial charge in [-0.2, -0.15) is 0 Å². The fraction of sp³-hybridized carbons (Fsp3) is 0.778. The topological polar surface area (TPSA) is 12.5 Å². The van der Waals surface area contributed by atoms with Crippen molar-refractivity contribution in [3.05, 3.63) is 12.2 Å². The molecule has 13 heavy (non-hydrogen) atoms. The lowest BCUT2D eigenvalue weighted by molar-refractivity contribution is -0.0675. The standard InChI is InChI=1S/C9H15F2NO/c1-2-3-4-12-5-6-13-8-9(10,11)7-12/h2-3H,4-8H2,1H3/b3-2+. The summed E-state index contributed by atoms with van der Waals surface area (Å²) >= 11 is 0. The van der Waals surface area contributed by atoms with Crippen LogP contribution in [0.5, 0.6) is 0 Å². The zero-order valence-electron chi connectivity index (χ0n) is 7.80. The zero-order chi connectivity index (χ0) is 9.73. The molecule has 0 aromatic heterocycles. The number of alkyl halides is 2. The lowest BCUT2D eigenvalue weighted by Gasteiger charge is -2.21. The number of ether oxygens (including phenoxy) is 1. The van der Waals surface area contributed by atoms with E-state index in [9.17, 15) is 8.78 Å². The maximum atomic E-state index is 13.0. The van der Waals surface area contributed by atoms with E-state index in [1.807, 2.05) is 19.1 Å². The molecule has 4 heteroatoms. The first-order valence-electron chi connectivity index (χ1n) is 4.43. The molecule has 0 unspecified atom stereocenters. The molecule has 0 bridgehead atoms. The van der Waals surface area contributed by atoms with Crippen molar-refractivity contribution in [1.29, 1.82) is 0 Å². The van der Waals surface area contributed by atoms with Gasteiger partial charge in [0.05, 0.1) is 13.2 Å². The van der Waals surface area contributed by atoms with Gasteiger partial charge in [0.25, 0.3) is 5.92 Å². The van der Waals surface area contributed by atoms with Crippen LogP contribution in [0.3, 0.4) is 0 Å². The van der Waals surface area contributed by atoms with Gasteiger partial charge in [0.15, 0.2) is 0 Å². The molecule has 0 saturated carbocycles. The molecule has 2 nitrogen and oxygen atoms in total.